The number of primary amides is 1. The summed E-state index contributed by atoms with van der Waals surface area (Å²) in [6.07, 6.45) is 5.21. The van der Waals surface area contributed by atoms with Crippen molar-refractivity contribution in [1.82, 2.24) is 14.9 Å². The number of anilines is 2. The second-order valence-electron chi connectivity index (χ2n) is 8.97. The summed E-state index contributed by atoms with van der Waals surface area (Å²) in [5, 5.41) is 0.795. The molecule has 2 aromatic rings. The number of benzene rings is 1. The number of fused-ring (bicyclic) bond motifs is 1. The minimum Gasteiger partial charge on any atom is -0.462 e. The van der Waals surface area contributed by atoms with E-state index in [1.54, 1.807) is 0 Å². The largest absolute Gasteiger partial charge is 0.462 e. The summed E-state index contributed by atoms with van der Waals surface area (Å²) < 4.78 is 5.90. The number of likely N-dealkylation sites (tertiary alicyclic amines) is 1. The second kappa shape index (κ2) is 18.0. The maximum absolute atomic E-state index is 9.47. The first-order valence-electron chi connectivity index (χ1n) is 13.4. The summed E-state index contributed by atoms with van der Waals surface area (Å²) in [5.74, 6) is 0.0507. The summed E-state index contributed by atoms with van der Waals surface area (Å²) >= 11 is 6.52. The number of ether oxygens (including phenoxy) is 1. The van der Waals surface area contributed by atoms with Crippen molar-refractivity contribution in [2.75, 3.05) is 43.9 Å². The number of aryl methyl sites for hydroxylation is 1. The number of hydrogen-bond donors (Lipinski definition) is 2. The molecule has 0 bridgehead atoms. The van der Waals surface area contributed by atoms with E-state index in [4.69, 9.17) is 28.6 Å². The molecule has 1 amide bonds. The van der Waals surface area contributed by atoms with E-state index >= 15 is 0 Å². The predicted molar refractivity (Wildman–Crippen MR) is 161 cm³/mol. The lowest BCUT2D eigenvalue weighted by Gasteiger charge is -2.31. The third-order valence-electron chi connectivity index (χ3n) is 6.20. The Kier molecular flexibility index (Phi) is 15.6. The van der Waals surface area contributed by atoms with Crippen LogP contribution in [0.1, 0.15) is 56.9 Å². The smallest absolute Gasteiger partial charge is 0.318 e. The van der Waals surface area contributed by atoms with Gasteiger partial charge in [0.1, 0.15) is 12.4 Å². The van der Waals surface area contributed by atoms with Crippen LogP contribution < -0.4 is 21.1 Å². The molecule has 4 N–H and O–H groups in total. The van der Waals surface area contributed by atoms with Crippen molar-refractivity contribution >= 4 is 29.0 Å². The number of aromatic nitrogens is 2. The fourth-order valence-corrected chi connectivity index (χ4v) is 4.30. The molecule has 214 valence electrons. The van der Waals surface area contributed by atoms with Crippen molar-refractivity contribution < 1.29 is 9.53 Å². The van der Waals surface area contributed by atoms with Gasteiger partial charge < -0.3 is 30.8 Å². The van der Waals surface area contributed by atoms with Crippen LogP contribution in [0.4, 0.5) is 11.5 Å². The Labute approximate surface area is 239 Å². The summed E-state index contributed by atoms with van der Waals surface area (Å²) in [6, 6.07) is 6.92. The fourth-order valence-electron chi connectivity index (χ4n) is 4.05. The number of carbonyl (C=O) groups is 1. The Hall–Kier alpha value is -3.35. The molecule has 10 heteroatoms. The number of halogens is 1. The van der Waals surface area contributed by atoms with Crippen LogP contribution in [-0.4, -0.2) is 60.1 Å². The molecular weight excluding hydrogens is 514 g/mol. The van der Waals surface area contributed by atoms with Gasteiger partial charge in [-0.25, -0.2) is 6.57 Å². The molecule has 1 aromatic carbocycles. The van der Waals surface area contributed by atoms with Gasteiger partial charge in [-0.15, -0.1) is 0 Å². The van der Waals surface area contributed by atoms with Crippen LogP contribution in [0.25, 0.3) is 4.85 Å². The number of nitrogen functional groups attached to an aromatic ring is 1. The van der Waals surface area contributed by atoms with E-state index < -0.39 is 5.91 Å². The number of nitrogens with zero attached hydrogens (tertiary/aromatic N) is 5. The molecule has 3 heterocycles. The zero-order valence-corrected chi connectivity index (χ0v) is 24.8. The lowest BCUT2D eigenvalue weighted by atomic mass is 10.0. The molecule has 0 spiro atoms. The molecule has 1 saturated heterocycles. The first-order chi connectivity index (χ1) is 18.7. The molecule has 2 aliphatic rings. The zero-order chi connectivity index (χ0) is 29.4. The first kappa shape index (κ1) is 33.7. The van der Waals surface area contributed by atoms with Gasteiger partial charge in [0.05, 0.1) is 22.9 Å². The Morgan fingerprint density at radius 2 is 2.03 bits per heavy atom. The summed E-state index contributed by atoms with van der Waals surface area (Å²) in [5.41, 5.74) is 14.8. The average Bonchev–Trinajstić information content (AvgIpc) is 3.35. The lowest BCUT2D eigenvalue weighted by Crippen LogP contribution is -2.33. The molecule has 2 aliphatic heterocycles. The van der Waals surface area contributed by atoms with Gasteiger partial charge in [-0.2, -0.15) is 9.97 Å². The Morgan fingerprint density at radius 1 is 1.33 bits per heavy atom. The highest BCUT2D eigenvalue weighted by molar-refractivity contribution is 6.34. The van der Waals surface area contributed by atoms with Crippen molar-refractivity contribution in [3.05, 3.63) is 64.1 Å². The molecule has 0 unspecified atom stereocenters. The predicted octanol–water partition coefficient (Wildman–Crippen LogP) is 5.06. The highest BCUT2D eigenvalue weighted by Crippen LogP contribution is 2.33. The molecule has 39 heavy (non-hydrogen) atoms. The number of hydrogen-bond acceptors (Lipinski definition) is 7. The van der Waals surface area contributed by atoms with E-state index in [0.29, 0.717) is 37.6 Å². The second-order valence-corrected chi connectivity index (χ2v) is 9.35. The van der Waals surface area contributed by atoms with Gasteiger partial charge in [-0.3, -0.25) is 4.79 Å². The van der Waals surface area contributed by atoms with Crippen molar-refractivity contribution in [2.45, 2.75) is 66.0 Å². The van der Waals surface area contributed by atoms with Crippen LogP contribution in [0.2, 0.25) is 5.02 Å². The lowest BCUT2D eigenvalue weighted by molar-refractivity contribution is -0.113. The van der Waals surface area contributed by atoms with Gasteiger partial charge in [0.2, 0.25) is 12.5 Å². The van der Waals surface area contributed by atoms with Gasteiger partial charge in [0.15, 0.2) is 0 Å². The van der Waals surface area contributed by atoms with E-state index in [9.17, 15) is 4.79 Å². The maximum atomic E-state index is 9.47. The van der Waals surface area contributed by atoms with E-state index in [2.05, 4.69) is 50.0 Å². The Balaban J connectivity index is 0.000000539. The number of carbonyl (C=O) groups excluding carboxylic acids is 1. The van der Waals surface area contributed by atoms with E-state index in [0.717, 1.165) is 66.0 Å². The van der Waals surface area contributed by atoms with E-state index in [-0.39, 0.29) is 0 Å². The quantitative estimate of drug-likeness (QED) is 0.377. The normalized spacial score (nSPS) is 15.6. The number of amides is 1. The fraction of sp³-hybridized carbons (Fsp3) is 0.517. The monoisotopic (exact) mass is 557 g/mol. The summed E-state index contributed by atoms with van der Waals surface area (Å²) in [4.78, 5) is 26.2. The summed E-state index contributed by atoms with van der Waals surface area (Å²) in [6.45, 7) is 21.2. The van der Waals surface area contributed by atoms with Crippen molar-refractivity contribution in [3.8, 4) is 6.01 Å². The van der Waals surface area contributed by atoms with Crippen LogP contribution in [0.5, 0.6) is 6.01 Å². The number of nitrogens with two attached hydrogens (primary N) is 2. The van der Waals surface area contributed by atoms with Crippen LogP contribution >= 0.6 is 11.6 Å². The third kappa shape index (κ3) is 10.7. The van der Waals surface area contributed by atoms with Crippen LogP contribution in [0.3, 0.4) is 0 Å². The molecule has 1 fully saturated rings. The van der Waals surface area contributed by atoms with Crippen LogP contribution in [-0.2, 0) is 17.8 Å². The van der Waals surface area contributed by atoms with Crippen LogP contribution in [0.15, 0.2) is 30.9 Å². The average molecular weight is 558 g/mol. The first-order valence-corrected chi connectivity index (χ1v) is 13.8. The van der Waals surface area contributed by atoms with Gasteiger partial charge in [-0.05, 0) is 57.5 Å². The molecule has 9 nitrogen and oxygen atoms in total. The Bertz CT molecular complexity index is 1100. The molecule has 4 rings (SSSR count). The number of rotatable bonds is 6. The highest BCUT2D eigenvalue weighted by atomic mass is 35.5. The van der Waals surface area contributed by atoms with Gasteiger partial charge in [0.25, 0.3) is 0 Å². The molecule has 0 aliphatic carbocycles. The highest BCUT2D eigenvalue weighted by Gasteiger charge is 2.25. The van der Waals surface area contributed by atoms with Crippen molar-refractivity contribution in [3.63, 3.8) is 0 Å². The van der Waals surface area contributed by atoms with Gasteiger partial charge >= 0.3 is 6.01 Å². The van der Waals surface area contributed by atoms with E-state index in [1.165, 1.54) is 6.42 Å². The zero-order valence-electron chi connectivity index (χ0n) is 24.0. The molecule has 0 radical (unpaired) electrons. The SMILES string of the molecule is C=CC(N)=O.CC.Cc1cccc(N2CCc3c(N)nc(OC[C@@H]4CCCN4C)nc3C2)c1Cl.[C-]#[N+]CCC. The topological polar surface area (TPSA) is 115 Å². The molecule has 1 atom stereocenters. The van der Waals surface area contributed by atoms with Crippen LogP contribution in [0, 0.1) is 13.5 Å². The van der Waals surface area contributed by atoms with Crippen molar-refractivity contribution in [1.29, 1.82) is 0 Å². The Morgan fingerprint density at radius 3 is 2.56 bits per heavy atom. The summed E-state index contributed by atoms with van der Waals surface area (Å²) in [7, 11) is 2.13. The van der Waals surface area contributed by atoms with Crippen molar-refractivity contribution in [2.24, 2.45) is 5.73 Å². The molecule has 0 saturated carbocycles. The maximum Gasteiger partial charge on any atom is 0.318 e. The van der Waals surface area contributed by atoms with Gasteiger partial charge in [0, 0.05) is 24.6 Å². The minimum atomic E-state index is -0.481. The third-order valence-corrected chi connectivity index (χ3v) is 6.69. The molecule has 1 aromatic heterocycles. The van der Waals surface area contributed by atoms with Gasteiger partial charge in [-0.1, -0.05) is 51.1 Å². The standard InChI is InChI=1S/C20H26ClN5O.C4H7N.C3H5NO.C2H6/c1-13-5-3-7-17(18(13)21)26-10-8-15-16(11-26)23-20(24-19(15)22)27-12-14-6-4-9-25(14)2;1-3-4-5-2;1-2-3(4)5;1-2/h3,5,7,14H,4,6,8-12H2,1-2H3,(H2,22,23,24);3-4H2,1H3;2H,1H2,(H2,4,5);1-2H3/t14-;;;/m0.../s1. The van der Waals surface area contributed by atoms with E-state index in [1.807, 2.05) is 39.8 Å². The molecular formula is C29H44ClN7O2. The number of likely N-dealkylation sites (N-methyl/N-ethyl adjacent to an activating group) is 1. The minimum absolute atomic E-state index is 0.378.